The van der Waals surface area contributed by atoms with E-state index in [1.54, 1.807) is 0 Å². The van der Waals surface area contributed by atoms with E-state index in [-0.39, 0.29) is 5.41 Å². The molecular formula is C48H33N3O. The van der Waals surface area contributed by atoms with Crippen LogP contribution in [0, 0.1) is 0 Å². The Morgan fingerprint density at radius 1 is 0.404 bits per heavy atom. The Kier molecular flexibility index (Phi) is 6.80. The summed E-state index contributed by atoms with van der Waals surface area (Å²) in [5.74, 6) is 1.84. The van der Waals surface area contributed by atoms with Crippen molar-refractivity contribution in [3.8, 4) is 67.5 Å². The third-order valence-corrected chi connectivity index (χ3v) is 10.6. The van der Waals surface area contributed by atoms with Crippen molar-refractivity contribution in [3.63, 3.8) is 0 Å². The maximum atomic E-state index is 6.50. The van der Waals surface area contributed by atoms with Crippen molar-refractivity contribution in [1.82, 2.24) is 15.0 Å². The topological polar surface area (TPSA) is 51.8 Å². The van der Waals surface area contributed by atoms with E-state index in [1.807, 2.05) is 42.5 Å². The van der Waals surface area contributed by atoms with Gasteiger partial charge < -0.3 is 4.42 Å². The number of rotatable bonds is 5. The van der Waals surface area contributed by atoms with Gasteiger partial charge in [0.2, 0.25) is 0 Å². The minimum atomic E-state index is -0.102. The highest BCUT2D eigenvalue weighted by Crippen LogP contribution is 2.52. The second-order valence-corrected chi connectivity index (χ2v) is 14.0. The van der Waals surface area contributed by atoms with E-state index in [4.69, 9.17) is 19.4 Å². The van der Waals surface area contributed by atoms with Crippen LogP contribution in [-0.4, -0.2) is 15.0 Å². The molecule has 0 saturated heterocycles. The number of hydrogen-bond acceptors (Lipinski definition) is 4. The van der Waals surface area contributed by atoms with E-state index < -0.39 is 0 Å². The van der Waals surface area contributed by atoms with Gasteiger partial charge in [-0.3, -0.25) is 0 Å². The SMILES string of the molecule is CC1(C)c2ccccc2-c2c(-c3ccccc3-c3nc(-c4ccccc4)nc(-c4ccc5c(c4)oc4cccc(-c6ccccc6)c45)n3)cccc21. The van der Waals surface area contributed by atoms with Crippen molar-refractivity contribution in [3.05, 3.63) is 175 Å². The third-order valence-electron chi connectivity index (χ3n) is 10.6. The summed E-state index contributed by atoms with van der Waals surface area (Å²) in [6.45, 7) is 4.64. The number of furan rings is 1. The molecule has 0 saturated carbocycles. The maximum Gasteiger partial charge on any atom is 0.164 e. The lowest BCUT2D eigenvalue weighted by molar-refractivity contribution is 0.660. The molecule has 0 unspecified atom stereocenters. The molecule has 4 nitrogen and oxygen atoms in total. The molecule has 0 bridgehead atoms. The molecule has 2 aromatic heterocycles. The molecule has 0 spiro atoms. The highest BCUT2D eigenvalue weighted by molar-refractivity contribution is 6.13. The van der Waals surface area contributed by atoms with Gasteiger partial charge >= 0.3 is 0 Å². The van der Waals surface area contributed by atoms with Crippen LogP contribution in [-0.2, 0) is 5.41 Å². The van der Waals surface area contributed by atoms with Gasteiger partial charge in [0, 0.05) is 32.9 Å². The van der Waals surface area contributed by atoms with Crippen LogP contribution < -0.4 is 0 Å². The van der Waals surface area contributed by atoms with Gasteiger partial charge in [-0.2, -0.15) is 0 Å². The molecular weight excluding hydrogens is 635 g/mol. The molecule has 246 valence electrons. The van der Waals surface area contributed by atoms with Gasteiger partial charge in [0.05, 0.1) is 0 Å². The zero-order chi connectivity index (χ0) is 34.8. The second kappa shape index (κ2) is 11.7. The van der Waals surface area contributed by atoms with Crippen molar-refractivity contribution in [1.29, 1.82) is 0 Å². The van der Waals surface area contributed by atoms with Crippen LogP contribution in [0.25, 0.3) is 89.5 Å². The van der Waals surface area contributed by atoms with Crippen LogP contribution in [0.2, 0.25) is 0 Å². The Hall–Kier alpha value is -6.65. The third kappa shape index (κ3) is 4.72. The lowest BCUT2D eigenvalue weighted by atomic mass is 9.82. The monoisotopic (exact) mass is 667 g/mol. The number of hydrogen-bond donors (Lipinski definition) is 0. The standard InChI is InChI=1S/C48H33N3O/c1-48(2)39-24-12-11-21-37(39)43-35(23-13-25-40(43)48)34-19-9-10-20-36(34)47-50-45(31-17-7-4-8-18-31)49-46(51-47)32-27-28-38-42(29-32)52-41-26-14-22-33(44(38)41)30-15-5-3-6-16-30/h3-29H,1-2H3. The highest BCUT2D eigenvalue weighted by atomic mass is 16.3. The van der Waals surface area contributed by atoms with Crippen LogP contribution >= 0.6 is 0 Å². The van der Waals surface area contributed by atoms with Crippen LogP contribution in [0.5, 0.6) is 0 Å². The van der Waals surface area contributed by atoms with Crippen molar-refractivity contribution < 1.29 is 4.42 Å². The molecule has 7 aromatic carbocycles. The molecule has 1 aliphatic rings. The first-order chi connectivity index (χ1) is 25.5. The van der Waals surface area contributed by atoms with E-state index in [1.165, 1.54) is 27.8 Å². The first-order valence-electron chi connectivity index (χ1n) is 17.7. The van der Waals surface area contributed by atoms with Crippen molar-refractivity contribution in [2.75, 3.05) is 0 Å². The molecule has 0 aliphatic heterocycles. The molecule has 0 fully saturated rings. The van der Waals surface area contributed by atoms with Crippen LogP contribution in [0.1, 0.15) is 25.0 Å². The predicted molar refractivity (Wildman–Crippen MR) is 212 cm³/mol. The minimum Gasteiger partial charge on any atom is -0.456 e. The first-order valence-corrected chi connectivity index (χ1v) is 17.7. The summed E-state index contributed by atoms with van der Waals surface area (Å²) >= 11 is 0. The van der Waals surface area contributed by atoms with E-state index >= 15 is 0 Å². The Morgan fingerprint density at radius 2 is 0.981 bits per heavy atom. The molecule has 0 N–H and O–H groups in total. The van der Waals surface area contributed by atoms with E-state index in [0.29, 0.717) is 17.5 Å². The van der Waals surface area contributed by atoms with Gasteiger partial charge in [-0.1, -0.05) is 159 Å². The van der Waals surface area contributed by atoms with Gasteiger partial charge in [0.15, 0.2) is 17.5 Å². The second-order valence-electron chi connectivity index (χ2n) is 14.0. The Balaban J connectivity index is 1.17. The Morgan fingerprint density at radius 3 is 1.77 bits per heavy atom. The fourth-order valence-electron chi connectivity index (χ4n) is 8.06. The first kappa shape index (κ1) is 30.2. The average Bonchev–Trinajstić information content (AvgIpc) is 3.70. The largest absolute Gasteiger partial charge is 0.456 e. The smallest absolute Gasteiger partial charge is 0.164 e. The van der Waals surface area contributed by atoms with E-state index in [9.17, 15) is 0 Å². The van der Waals surface area contributed by atoms with Gasteiger partial charge in [-0.15, -0.1) is 0 Å². The summed E-state index contributed by atoms with van der Waals surface area (Å²) in [5, 5.41) is 2.16. The summed E-state index contributed by atoms with van der Waals surface area (Å²) in [4.78, 5) is 15.4. The molecule has 2 heterocycles. The Bertz CT molecular complexity index is 2820. The van der Waals surface area contributed by atoms with Gasteiger partial charge in [0.25, 0.3) is 0 Å². The lowest BCUT2D eigenvalue weighted by Crippen LogP contribution is -2.14. The summed E-state index contributed by atoms with van der Waals surface area (Å²) in [7, 11) is 0. The molecule has 4 heteroatoms. The highest BCUT2D eigenvalue weighted by Gasteiger charge is 2.36. The molecule has 9 aromatic rings. The molecule has 0 amide bonds. The van der Waals surface area contributed by atoms with Crippen LogP contribution in [0.3, 0.4) is 0 Å². The van der Waals surface area contributed by atoms with Gasteiger partial charge in [0.1, 0.15) is 11.2 Å². The quantitative estimate of drug-likeness (QED) is 0.183. The summed E-state index contributed by atoms with van der Waals surface area (Å²) in [6, 6.07) is 57.1. The fraction of sp³-hybridized carbons (Fsp3) is 0.0625. The summed E-state index contributed by atoms with van der Waals surface area (Å²) in [6.07, 6.45) is 0. The van der Waals surface area contributed by atoms with Gasteiger partial charge in [-0.05, 0) is 62.7 Å². The molecule has 0 radical (unpaired) electrons. The Labute approximate surface area is 302 Å². The number of fused-ring (bicyclic) bond motifs is 6. The maximum absolute atomic E-state index is 6.50. The molecule has 1 aliphatic carbocycles. The van der Waals surface area contributed by atoms with Crippen LogP contribution in [0.15, 0.2) is 168 Å². The number of benzene rings is 7. The molecule has 0 atom stereocenters. The average molecular weight is 668 g/mol. The predicted octanol–water partition coefficient (Wildman–Crippen LogP) is 12.4. The van der Waals surface area contributed by atoms with E-state index in [0.717, 1.165) is 55.3 Å². The van der Waals surface area contributed by atoms with Crippen LogP contribution in [0.4, 0.5) is 0 Å². The fourth-order valence-corrected chi connectivity index (χ4v) is 8.06. The van der Waals surface area contributed by atoms with Crippen molar-refractivity contribution >= 4 is 21.9 Å². The lowest BCUT2D eigenvalue weighted by Gasteiger charge is -2.21. The van der Waals surface area contributed by atoms with Crippen molar-refractivity contribution in [2.24, 2.45) is 0 Å². The summed E-state index contributed by atoms with van der Waals surface area (Å²) < 4.78 is 6.50. The van der Waals surface area contributed by atoms with Crippen molar-refractivity contribution in [2.45, 2.75) is 19.3 Å². The molecule has 52 heavy (non-hydrogen) atoms. The zero-order valence-corrected chi connectivity index (χ0v) is 28.8. The summed E-state index contributed by atoms with van der Waals surface area (Å²) in [5.41, 5.74) is 14.1. The normalized spacial score (nSPS) is 13.0. The zero-order valence-electron chi connectivity index (χ0n) is 28.8. The minimum absolute atomic E-state index is 0.102. The van der Waals surface area contributed by atoms with E-state index in [2.05, 4.69) is 135 Å². The number of nitrogens with zero attached hydrogens (tertiary/aromatic N) is 3. The van der Waals surface area contributed by atoms with Gasteiger partial charge in [-0.25, -0.2) is 15.0 Å². The molecule has 10 rings (SSSR count). The number of aromatic nitrogens is 3.